The van der Waals surface area contributed by atoms with Gasteiger partial charge in [0.1, 0.15) is 0 Å². The van der Waals surface area contributed by atoms with E-state index in [9.17, 15) is 4.79 Å². The van der Waals surface area contributed by atoms with E-state index in [1.54, 1.807) is 0 Å². The van der Waals surface area contributed by atoms with Crippen LogP contribution in [0, 0.1) is 5.92 Å². The quantitative estimate of drug-likeness (QED) is 0.553. The van der Waals surface area contributed by atoms with Crippen molar-refractivity contribution in [1.82, 2.24) is 4.90 Å². The lowest BCUT2D eigenvalue weighted by molar-refractivity contribution is -0.148. The first-order valence-electron chi connectivity index (χ1n) is 10.6. The maximum Gasteiger partial charge on any atom is 0.331 e. The first-order chi connectivity index (χ1) is 12.3. The van der Waals surface area contributed by atoms with Crippen LogP contribution in [-0.4, -0.2) is 46.1 Å². The number of piperidine rings is 1. The number of ether oxygens (including phenoxy) is 1. The Balaban J connectivity index is 1.33. The van der Waals surface area contributed by atoms with Crippen molar-refractivity contribution in [2.24, 2.45) is 5.92 Å². The minimum Gasteiger partial charge on any atom is -0.450 e. The molecule has 5 aliphatic rings. The van der Waals surface area contributed by atoms with Gasteiger partial charge in [-0.05, 0) is 55.9 Å². The smallest absolute Gasteiger partial charge is 0.331 e. The molecular weight excluding hydrogens is 330 g/mol. The van der Waals surface area contributed by atoms with Crippen LogP contribution >= 0.6 is 11.8 Å². The van der Waals surface area contributed by atoms with Gasteiger partial charge in [-0.2, -0.15) is 11.8 Å². The summed E-state index contributed by atoms with van der Waals surface area (Å²) >= 11 is 2.23. The zero-order valence-corrected chi connectivity index (χ0v) is 16.1. The van der Waals surface area contributed by atoms with Crippen LogP contribution in [-0.2, 0) is 9.53 Å². The van der Waals surface area contributed by atoms with Crippen LogP contribution in [0.25, 0.3) is 0 Å². The summed E-state index contributed by atoms with van der Waals surface area (Å²) in [7, 11) is 0. The third-order valence-corrected chi connectivity index (χ3v) is 9.08. The van der Waals surface area contributed by atoms with Crippen molar-refractivity contribution in [3.05, 3.63) is 11.6 Å². The van der Waals surface area contributed by atoms with Gasteiger partial charge >= 0.3 is 5.97 Å². The number of carbonyl (C=O) groups is 1. The van der Waals surface area contributed by atoms with Crippen LogP contribution in [0.1, 0.15) is 70.6 Å². The molecule has 2 aliphatic carbocycles. The van der Waals surface area contributed by atoms with Gasteiger partial charge in [-0.25, -0.2) is 4.79 Å². The lowest BCUT2D eigenvalue weighted by atomic mass is 9.77. The molecule has 3 nitrogen and oxygen atoms in total. The predicted octanol–water partition coefficient (Wildman–Crippen LogP) is 4.31. The third-order valence-electron chi connectivity index (χ3n) is 7.51. The minimum absolute atomic E-state index is 0.0735. The predicted molar refractivity (Wildman–Crippen MR) is 102 cm³/mol. The highest BCUT2D eigenvalue weighted by Gasteiger charge is 2.63. The van der Waals surface area contributed by atoms with Crippen LogP contribution in [0.5, 0.6) is 0 Å². The van der Waals surface area contributed by atoms with Gasteiger partial charge in [-0.3, -0.25) is 4.90 Å². The number of esters is 1. The molecule has 0 aromatic carbocycles. The molecule has 3 aliphatic heterocycles. The van der Waals surface area contributed by atoms with Crippen molar-refractivity contribution in [1.29, 1.82) is 0 Å². The highest BCUT2D eigenvalue weighted by molar-refractivity contribution is 8.00. The summed E-state index contributed by atoms with van der Waals surface area (Å²) in [6.45, 7) is 1.21. The van der Waals surface area contributed by atoms with Gasteiger partial charge in [0.25, 0.3) is 0 Å². The molecule has 4 unspecified atom stereocenters. The SMILES string of the molecule is O=C1C=C2CC(SCC3CCCCCC3)C3CC2(O1)C1CCCCN31. The van der Waals surface area contributed by atoms with Crippen molar-refractivity contribution in [2.45, 2.75) is 93.6 Å². The third kappa shape index (κ3) is 2.79. The number of rotatable bonds is 3. The summed E-state index contributed by atoms with van der Waals surface area (Å²) in [5.41, 5.74) is 1.10. The first kappa shape index (κ1) is 16.7. The summed E-state index contributed by atoms with van der Waals surface area (Å²) in [5.74, 6) is 2.18. The molecule has 5 rings (SSSR count). The number of carbonyl (C=O) groups excluding carboxylic acids is 1. The normalized spacial score (nSPS) is 41.7. The molecule has 138 valence electrons. The second-order valence-electron chi connectivity index (χ2n) is 8.93. The Hall–Kier alpha value is -0.480. The average Bonchev–Trinajstić information content (AvgIpc) is 2.94. The molecule has 1 spiro atoms. The zero-order valence-electron chi connectivity index (χ0n) is 15.3. The molecule has 25 heavy (non-hydrogen) atoms. The summed E-state index contributed by atoms with van der Waals surface area (Å²) < 4.78 is 5.99. The van der Waals surface area contributed by atoms with E-state index in [2.05, 4.69) is 16.7 Å². The summed E-state index contributed by atoms with van der Waals surface area (Å²) in [6.07, 6.45) is 16.4. The van der Waals surface area contributed by atoms with Gasteiger partial charge in [0.2, 0.25) is 0 Å². The van der Waals surface area contributed by atoms with Gasteiger partial charge in [-0.15, -0.1) is 0 Å². The molecule has 4 atom stereocenters. The van der Waals surface area contributed by atoms with Gasteiger partial charge in [0, 0.05) is 23.8 Å². The van der Waals surface area contributed by atoms with Crippen LogP contribution in [0.2, 0.25) is 0 Å². The monoisotopic (exact) mass is 361 g/mol. The summed E-state index contributed by atoms with van der Waals surface area (Å²) in [6, 6.07) is 1.09. The Bertz CT molecular complexity index is 568. The average molecular weight is 362 g/mol. The first-order valence-corrected chi connectivity index (χ1v) is 11.6. The highest BCUT2D eigenvalue weighted by Crippen LogP contribution is 2.56. The number of nitrogens with zero attached hydrogens (tertiary/aromatic N) is 1. The molecule has 2 saturated heterocycles. The van der Waals surface area contributed by atoms with Crippen LogP contribution in [0.3, 0.4) is 0 Å². The van der Waals surface area contributed by atoms with Crippen LogP contribution < -0.4 is 0 Å². The van der Waals surface area contributed by atoms with E-state index >= 15 is 0 Å². The Labute approximate surface area is 155 Å². The second kappa shape index (κ2) is 6.60. The lowest BCUT2D eigenvalue weighted by Crippen LogP contribution is -2.48. The van der Waals surface area contributed by atoms with E-state index in [0.29, 0.717) is 17.3 Å². The van der Waals surface area contributed by atoms with Crippen molar-refractivity contribution >= 4 is 17.7 Å². The second-order valence-corrected chi connectivity index (χ2v) is 10.2. The van der Waals surface area contributed by atoms with Crippen LogP contribution in [0.4, 0.5) is 0 Å². The van der Waals surface area contributed by atoms with E-state index in [1.807, 2.05) is 6.08 Å². The van der Waals surface area contributed by atoms with E-state index in [1.165, 1.54) is 75.7 Å². The molecule has 0 N–H and O–H groups in total. The Morgan fingerprint density at radius 2 is 1.92 bits per heavy atom. The fourth-order valence-corrected chi connectivity index (χ4v) is 7.92. The van der Waals surface area contributed by atoms with Gasteiger partial charge in [0.15, 0.2) is 5.60 Å². The van der Waals surface area contributed by atoms with Crippen molar-refractivity contribution in [3.63, 3.8) is 0 Å². The molecule has 0 radical (unpaired) electrons. The summed E-state index contributed by atoms with van der Waals surface area (Å²) in [5, 5.41) is 0.667. The van der Waals surface area contributed by atoms with E-state index in [-0.39, 0.29) is 11.6 Å². The largest absolute Gasteiger partial charge is 0.450 e. The van der Waals surface area contributed by atoms with E-state index < -0.39 is 0 Å². The maximum absolute atomic E-state index is 12.1. The number of fused-ring (bicyclic) bond motifs is 3. The fraction of sp³-hybridized carbons (Fsp3) is 0.857. The Morgan fingerprint density at radius 3 is 2.76 bits per heavy atom. The molecule has 0 aromatic rings. The van der Waals surface area contributed by atoms with Crippen molar-refractivity contribution < 1.29 is 9.53 Å². The van der Waals surface area contributed by atoms with Crippen molar-refractivity contribution in [3.8, 4) is 0 Å². The highest BCUT2D eigenvalue weighted by atomic mass is 32.2. The van der Waals surface area contributed by atoms with Crippen molar-refractivity contribution in [2.75, 3.05) is 12.3 Å². The molecule has 4 fully saturated rings. The van der Waals surface area contributed by atoms with E-state index in [4.69, 9.17) is 4.74 Å². The Kier molecular flexibility index (Phi) is 4.40. The maximum atomic E-state index is 12.1. The Morgan fingerprint density at radius 1 is 1.12 bits per heavy atom. The molecule has 3 heterocycles. The minimum atomic E-state index is -0.235. The molecule has 0 aromatic heterocycles. The molecule has 0 amide bonds. The fourth-order valence-electron chi connectivity index (χ4n) is 6.30. The standard InChI is InChI=1S/C21H31NO2S/c23-20-12-16-11-18(25-14-15-7-3-1-2-4-8-15)17-13-21(16,24-20)19-9-5-6-10-22(17)19/h12,15,17-19H,1-11,13-14H2. The molecular formula is C21H31NO2S. The molecule has 4 heteroatoms. The van der Waals surface area contributed by atoms with Gasteiger partial charge < -0.3 is 4.74 Å². The van der Waals surface area contributed by atoms with E-state index in [0.717, 1.165) is 18.8 Å². The number of hydrogen-bond acceptors (Lipinski definition) is 4. The summed E-state index contributed by atoms with van der Waals surface area (Å²) in [4.78, 5) is 14.8. The van der Waals surface area contributed by atoms with Crippen LogP contribution in [0.15, 0.2) is 11.6 Å². The van der Waals surface area contributed by atoms with Gasteiger partial charge in [0.05, 0.1) is 6.04 Å². The zero-order chi connectivity index (χ0) is 16.9. The topological polar surface area (TPSA) is 29.5 Å². The van der Waals surface area contributed by atoms with Gasteiger partial charge in [-0.1, -0.05) is 32.1 Å². The number of hydrogen-bond donors (Lipinski definition) is 0. The lowest BCUT2D eigenvalue weighted by Gasteiger charge is -2.38. The molecule has 2 bridgehead atoms. The molecule has 2 saturated carbocycles. The number of thioether (sulfide) groups is 1.